The number of rotatable bonds is 4. The summed E-state index contributed by atoms with van der Waals surface area (Å²) in [4.78, 5) is 12.8. The van der Waals surface area contributed by atoms with Crippen molar-refractivity contribution in [3.8, 4) is 0 Å². The van der Waals surface area contributed by atoms with E-state index in [-0.39, 0.29) is 0 Å². The SMILES string of the molecule is CCc1nc(C)cc(NCc2ncc(C)o2)n1. The van der Waals surface area contributed by atoms with Crippen LogP contribution in [0.4, 0.5) is 5.82 Å². The Morgan fingerprint density at radius 1 is 1.29 bits per heavy atom. The predicted octanol–water partition coefficient (Wildman–Crippen LogP) is 2.26. The van der Waals surface area contributed by atoms with Gasteiger partial charge in [-0.3, -0.25) is 0 Å². The van der Waals surface area contributed by atoms with Gasteiger partial charge >= 0.3 is 0 Å². The quantitative estimate of drug-likeness (QED) is 0.876. The van der Waals surface area contributed by atoms with E-state index in [1.807, 2.05) is 26.8 Å². The lowest BCUT2D eigenvalue weighted by molar-refractivity contribution is 0.478. The van der Waals surface area contributed by atoms with Crippen LogP contribution in [0, 0.1) is 13.8 Å². The van der Waals surface area contributed by atoms with Crippen molar-refractivity contribution in [3.63, 3.8) is 0 Å². The van der Waals surface area contributed by atoms with E-state index in [2.05, 4.69) is 20.3 Å². The standard InChI is InChI=1S/C12H16N4O/c1-4-10-15-8(2)5-11(16-10)13-7-12-14-6-9(3)17-12/h5-6H,4,7H2,1-3H3,(H,13,15,16). The Morgan fingerprint density at radius 3 is 2.76 bits per heavy atom. The maximum atomic E-state index is 5.38. The van der Waals surface area contributed by atoms with Gasteiger partial charge in [0.25, 0.3) is 0 Å². The smallest absolute Gasteiger partial charge is 0.213 e. The lowest BCUT2D eigenvalue weighted by atomic mass is 10.3. The Balaban J connectivity index is 2.05. The molecule has 0 aliphatic rings. The Kier molecular flexibility index (Phi) is 3.37. The molecule has 0 unspecified atom stereocenters. The lowest BCUT2D eigenvalue weighted by Crippen LogP contribution is -2.05. The summed E-state index contributed by atoms with van der Waals surface area (Å²) in [6, 6.07) is 1.91. The Morgan fingerprint density at radius 2 is 2.12 bits per heavy atom. The zero-order valence-corrected chi connectivity index (χ0v) is 10.3. The van der Waals surface area contributed by atoms with Gasteiger partial charge < -0.3 is 9.73 Å². The van der Waals surface area contributed by atoms with Crippen molar-refractivity contribution in [3.05, 3.63) is 35.4 Å². The third kappa shape index (κ3) is 3.03. The first-order valence-electron chi connectivity index (χ1n) is 5.67. The molecule has 2 aromatic heterocycles. The number of aromatic nitrogens is 3. The van der Waals surface area contributed by atoms with Gasteiger partial charge in [0.1, 0.15) is 17.4 Å². The second-order valence-corrected chi connectivity index (χ2v) is 3.88. The van der Waals surface area contributed by atoms with Crippen LogP contribution in [0.5, 0.6) is 0 Å². The molecule has 2 aromatic rings. The molecule has 0 aromatic carbocycles. The zero-order chi connectivity index (χ0) is 12.3. The van der Waals surface area contributed by atoms with E-state index in [0.717, 1.165) is 29.5 Å². The number of hydrogen-bond donors (Lipinski definition) is 1. The maximum absolute atomic E-state index is 5.38. The average molecular weight is 232 g/mol. The van der Waals surface area contributed by atoms with Gasteiger partial charge in [0, 0.05) is 18.2 Å². The molecule has 0 fully saturated rings. The number of aryl methyl sites for hydroxylation is 3. The van der Waals surface area contributed by atoms with E-state index < -0.39 is 0 Å². The van der Waals surface area contributed by atoms with E-state index in [1.165, 1.54) is 0 Å². The summed E-state index contributed by atoms with van der Waals surface area (Å²) in [6.07, 6.45) is 2.54. The predicted molar refractivity (Wildman–Crippen MR) is 64.7 cm³/mol. The van der Waals surface area contributed by atoms with Gasteiger partial charge in [-0.2, -0.15) is 0 Å². The second-order valence-electron chi connectivity index (χ2n) is 3.88. The van der Waals surface area contributed by atoms with Crippen LogP contribution < -0.4 is 5.32 Å². The summed E-state index contributed by atoms with van der Waals surface area (Å²) in [5.41, 5.74) is 0.961. The third-order valence-electron chi connectivity index (χ3n) is 2.31. The van der Waals surface area contributed by atoms with Gasteiger partial charge in [0.2, 0.25) is 5.89 Å². The van der Waals surface area contributed by atoms with Crippen LogP contribution >= 0.6 is 0 Å². The third-order valence-corrected chi connectivity index (χ3v) is 2.31. The van der Waals surface area contributed by atoms with E-state index in [4.69, 9.17) is 4.42 Å². The van der Waals surface area contributed by atoms with Crippen molar-refractivity contribution in [1.29, 1.82) is 0 Å². The molecule has 0 radical (unpaired) electrons. The molecule has 0 spiro atoms. The highest BCUT2D eigenvalue weighted by Crippen LogP contribution is 2.09. The van der Waals surface area contributed by atoms with Crippen LogP contribution in [-0.4, -0.2) is 15.0 Å². The second kappa shape index (κ2) is 4.95. The van der Waals surface area contributed by atoms with Gasteiger partial charge in [0.15, 0.2) is 0 Å². The summed E-state index contributed by atoms with van der Waals surface area (Å²) in [5.74, 6) is 3.13. The molecule has 2 heterocycles. The zero-order valence-electron chi connectivity index (χ0n) is 10.3. The summed E-state index contributed by atoms with van der Waals surface area (Å²) in [7, 11) is 0. The number of hydrogen-bond acceptors (Lipinski definition) is 5. The van der Waals surface area contributed by atoms with Gasteiger partial charge in [-0.05, 0) is 13.8 Å². The molecule has 0 bridgehead atoms. The Hall–Kier alpha value is -1.91. The van der Waals surface area contributed by atoms with Crippen molar-refractivity contribution in [2.75, 3.05) is 5.32 Å². The first-order valence-corrected chi connectivity index (χ1v) is 5.67. The molecule has 2 rings (SSSR count). The molecule has 0 saturated heterocycles. The minimum atomic E-state index is 0.535. The van der Waals surface area contributed by atoms with Crippen LogP contribution in [0.2, 0.25) is 0 Å². The molecular formula is C12H16N4O. The fourth-order valence-corrected chi connectivity index (χ4v) is 1.53. The molecule has 0 aliphatic heterocycles. The van der Waals surface area contributed by atoms with Crippen LogP contribution in [0.15, 0.2) is 16.7 Å². The van der Waals surface area contributed by atoms with Crippen molar-refractivity contribution in [2.45, 2.75) is 33.7 Å². The first kappa shape index (κ1) is 11.6. The minimum Gasteiger partial charge on any atom is -0.444 e. The summed E-state index contributed by atoms with van der Waals surface area (Å²) in [6.45, 7) is 6.41. The van der Waals surface area contributed by atoms with Crippen LogP contribution in [0.3, 0.4) is 0 Å². The Bertz CT molecular complexity index is 507. The summed E-state index contributed by atoms with van der Waals surface area (Å²) < 4.78 is 5.38. The van der Waals surface area contributed by atoms with Gasteiger partial charge in [0.05, 0.1) is 12.7 Å². The van der Waals surface area contributed by atoms with E-state index in [1.54, 1.807) is 6.20 Å². The monoisotopic (exact) mass is 232 g/mol. The van der Waals surface area contributed by atoms with Crippen LogP contribution in [-0.2, 0) is 13.0 Å². The Labute approximate surface area is 100 Å². The van der Waals surface area contributed by atoms with Crippen molar-refractivity contribution in [2.24, 2.45) is 0 Å². The molecule has 90 valence electrons. The minimum absolute atomic E-state index is 0.535. The molecule has 0 saturated carbocycles. The highest BCUT2D eigenvalue weighted by molar-refractivity contribution is 5.35. The first-order chi connectivity index (χ1) is 8.17. The molecule has 1 N–H and O–H groups in total. The van der Waals surface area contributed by atoms with Gasteiger partial charge in [-0.1, -0.05) is 6.92 Å². The molecular weight excluding hydrogens is 216 g/mol. The van der Waals surface area contributed by atoms with Crippen LogP contribution in [0.25, 0.3) is 0 Å². The van der Waals surface area contributed by atoms with Crippen molar-refractivity contribution >= 4 is 5.82 Å². The number of nitrogens with one attached hydrogen (secondary N) is 1. The van der Waals surface area contributed by atoms with Crippen LogP contribution in [0.1, 0.15) is 30.1 Å². The van der Waals surface area contributed by atoms with Gasteiger partial charge in [-0.25, -0.2) is 15.0 Å². The fraction of sp³-hybridized carbons (Fsp3) is 0.417. The normalized spacial score (nSPS) is 10.5. The van der Waals surface area contributed by atoms with Crippen molar-refractivity contribution in [1.82, 2.24) is 15.0 Å². The molecule has 5 nitrogen and oxygen atoms in total. The van der Waals surface area contributed by atoms with E-state index in [9.17, 15) is 0 Å². The maximum Gasteiger partial charge on any atom is 0.213 e. The summed E-state index contributed by atoms with van der Waals surface area (Å²) in [5, 5.41) is 3.18. The number of oxazole rings is 1. The van der Waals surface area contributed by atoms with E-state index in [0.29, 0.717) is 12.4 Å². The average Bonchev–Trinajstić information content (AvgIpc) is 2.72. The van der Waals surface area contributed by atoms with Gasteiger partial charge in [-0.15, -0.1) is 0 Å². The van der Waals surface area contributed by atoms with Crippen molar-refractivity contribution < 1.29 is 4.42 Å². The molecule has 0 aliphatic carbocycles. The molecule has 0 atom stereocenters. The highest BCUT2D eigenvalue weighted by Gasteiger charge is 2.03. The molecule has 0 amide bonds. The topological polar surface area (TPSA) is 63.8 Å². The fourth-order valence-electron chi connectivity index (χ4n) is 1.53. The number of nitrogens with zero attached hydrogens (tertiary/aromatic N) is 3. The summed E-state index contributed by atoms with van der Waals surface area (Å²) >= 11 is 0. The molecule has 17 heavy (non-hydrogen) atoms. The lowest BCUT2D eigenvalue weighted by Gasteiger charge is -2.05. The van der Waals surface area contributed by atoms with E-state index >= 15 is 0 Å². The highest BCUT2D eigenvalue weighted by atomic mass is 16.4. The number of anilines is 1. The molecule has 5 heteroatoms. The largest absolute Gasteiger partial charge is 0.444 e.